The summed E-state index contributed by atoms with van der Waals surface area (Å²) >= 11 is 0. The van der Waals surface area contributed by atoms with Crippen LogP contribution in [-0.4, -0.2) is 41.6 Å². The molecule has 1 atom stereocenters. The molecule has 0 aromatic heterocycles. The fourth-order valence-electron chi connectivity index (χ4n) is 2.75. The summed E-state index contributed by atoms with van der Waals surface area (Å²) in [4.78, 5) is 27.2. The first-order valence-electron chi connectivity index (χ1n) is 7.39. The minimum Gasteiger partial charge on any atom is -0.481 e. The molecule has 1 aliphatic rings. The quantitative estimate of drug-likeness (QED) is 0.931. The monoisotopic (exact) mass is 290 g/mol. The van der Waals surface area contributed by atoms with Crippen LogP contribution in [-0.2, 0) is 4.79 Å². The van der Waals surface area contributed by atoms with Crippen molar-refractivity contribution in [1.29, 1.82) is 0 Å². The van der Waals surface area contributed by atoms with Gasteiger partial charge in [0.15, 0.2) is 0 Å². The average molecular weight is 290 g/mol. The van der Waals surface area contributed by atoms with Gasteiger partial charge >= 0.3 is 12.0 Å². The smallest absolute Gasteiger partial charge is 0.324 e. The van der Waals surface area contributed by atoms with E-state index in [0.29, 0.717) is 26.1 Å². The van der Waals surface area contributed by atoms with Gasteiger partial charge in [-0.15, -0.1) is 0 Å². The molecule has 0 saturated carbocycles. The Morgan fingerprint density at radius 3 is 2.81 bits per heavy atom. The number of benzene rings is 1. The second-order valence-electron chi connectivity index (χ2n) is 5.49. The van der Waals surface area contributed by atoms with Crippen molar-refractivity contribution in [1.82, 2.24) is 4.90 Å². The number of hydrogen-bond donors (Lipinski definition) is 1. The number of urea groups is 1. The van der Waals surface area contributed by atoms with Gasteiger partial charge in [-0.25, -0.2) is 4.79 Å². The number of amides is 2. The third-order valence-corrected chi connectivity index (χ3v) is 3.90. The molecular weight excluding hydrogens is 268 g/mol. The number of likely N-dealkylation sites (tertiary alicyclic amines) is 1. The van der Waals surface area contributed by atoms with Crippen LogP contribution in [0.4, 0.5) is 10.5 Å². The number of nitrogens with zero attached hydrogens (tertiary/aromatic N) is 2. The first-order chi connectivity index (χ1) is 10.0. The lowest BCUT2D eigenvalue weighted by atomic mass is 9.98. The second kappa shape index (κ2) is 6.61. The lowest BCUT2D eigenvalue weighted by molar-refractivity contribution is -0.143. The molecule has 0 radical (unpaired) electrons. The lowest BCUT2D eigenvalue weighted by Gasteiger charge is -2.35. The standard InChI is InChI=1S/C16H22N2O3/c1-3-18(14-8-4-6-12(2)10-14)16(21)17-9-5-7-13(11-17)15(19)20/h4,6,8,10,13H,3,5,7,9,11H2,1-2H3,(H,19,20). The maximum absolute atomic E-state index is 12.7. The molecule has 114 valence electrons. The zero-order valence-corrected chi connectivity index (χ0v) is 12.6. The van der Waals surface area contributed by atoms with E-state index < -0.39 is 11.9 Å². The Bertz CT molecular complexity index is 530. The highest BCUT2D eigenvalue weighted by Gasteiger charge is 2.30. The van der Waals surface area contributed by atoms with Crippen molar-refractivity contribution in [2.75, 3.05) is 24.5 Å². The summed E-state index contributed by atoms with van der Waals surface area (Å²) in [5.74, 6) is -1.26. The third-order valence-electron chi connectivity index (χ3n) is 3.90. The SMILES string of the molecule is CCN(C(=O)N1CCCC(C(=O)O)C1)c1cccc(C)c1. The van der Waals surface area contributed by atoms with Crippen molar-refractivity contribution < 1.29 is 14.7 Å². The van der Waals surface area contributed by atoms with Crippen molar-refractivity contribution >= 4 is 17.7 Å². The molecule has 1 aromatic carbocycles. The highest BCUT2D eigenvalue weighted by atomic mass is 16.4. The molecule has 0 aliphatic carbocycles. The summed E-state index contributed by atoms with van der Waals surface area (Å²) in [5, 5.41) is 9.14. The van der Waals surface area contributed by atoms with Gasteiger partial charge in [0.25, 0.3) is 0 Å². The number of hydrogen-bond acceptors (Lipinski definition) is 2. The van der Waals surface area contributed by atoms with Crippen LogP contribution in [0.3, 0.4) is 0 Å². The summed E-state index contributed by atoms with van der Waals surface area (Å²) in [5.41, 5.74) is 1.96. The van der Waals surface area contributed by atoms with Gasteiger partial charge in [0, 0.05) is 25.3 Å². The number of anilines is 1. The molecular formula is C16H22N2O3. The molecule has 0 spiro atoms. The van der Waals surface area contributed by atoms with Crippen molar-refractivity contribution in [3.05, 3.63) is 29.8 Å². The maximum Gasteiger partial charge on any atom is 0.324 e. The van der Waals surface area contributed by atoms with E-state index in [0.717, 1.165) is 17.7 Å². The average Bonchev–Trinajstić information content (AvgIpc) is 2.48. The maximum atomic E-state index is 12.7. The molecule has 1 heterocycles. The number of aliphatic carboxylic acids is 1. The van der Waals surface area contributed by atoms with Crippen LogP contribution < -0.4 is 4.90 Å². The number of piperidine rings is 1. The molecule has 1 unspecified atom stereocenters. The van der Waals surface area contributed by atoms with E-state index in [-0.39, 0.29) is 6.03 Å². The van der Waals surface area contributed by atoms with Crippen molar-refractivity contribution in [3.63, 3.8) is 0 Å². The highest BCUT2D eigenvalue weighted by molar-refractivity contribution is 5.92. The molecule has 0 bridgehead atoms. The topological polar surface area (TPSA) is 60.9 Å². The van der Waals surface area contributed by atoms with Crippen LogP contribution in [0.2, 0.25) is 0 Å². The van der Waals surface area contributed by atoms with Gasteiger partial charge in [-0.3, -0.25) is 9.69 Å². The molecule has 1 saturated heterocycles. The Hall–Kier alpha value is -2.04. The van der Waals surface area contributed by atoms with Gasteiger partial charge in [0.2, 0.25) is 0 Å². The Labute approximate surface area is 125 Å². The normalized spacial score (nSPS) is 18.4. The molecule has 5 nitrogen and oxygen atoms in total. The zero-order valence-electron chi connectivity index (χ0n) is 12.6. The molecule has 1 aromatic rings. The fraction of sp³-hybridized carbons (Fsp3) is 0.500. The van der Waals surface area contributed by atoms with E-state index in [2.05, 4.69) is 0 Å². The van der Waals surface area contributed by atoms with E-state index >= 15 is 0 Å². The van der Waals surface area contributed by atoms with Gasteiger partial charge < -0.3 is 10.0 Å². The largest absolute Gasteiger partial charge is 0.481 e. The minimum absolute atomic E-state index is 0.103. The fourth-order valence-corrected chi connectivity index (χ4v) is 2.75. The first-order valence-corrected chi connectivity index (χ1v) is 7.39. The Balaban J connectivity index is 2.14. The molecule has 1 aliphatic heterocycles. The van der Waals surface area contributed by atoms with Gasteiger partial charge in [0.05, 0.1) is 5.92 Å². The number of carboxylic acid groups (broad SMARTS) is 1. The van der Waals surface area contributed by atoms with Crippen LogP contribution in [0.15, 0.2) is 24.3 Å². The molecule has 2 amide bonds. The highest BCUT2D eigenvalue weighted by Crippen LogP contribution is 2.22. The molecule has 5 heteroatoms. The number of rotatable bonds is 3. The van der Waals surface area contributed by atoms with Crippen molar-refractivity contribution in [3.8, 4) is 0 Å². The van der Waals surface area contributed by atoms with E-state index in [9.17, 15) is 9.59 Å². The van der Waals surface area contributed by atoms with Crippen LogP contribution in [0.5, 0.6) is 0 Å². The summed E-state index contributed by atoms with van der Waals surface area (Å²) in [6.07, 6.45) is 1.39. The van der Waals surface area contributed by atoms with Crippen LogP contribution in [0, 0.1) is 12.8 Å². The summed E-state index contributed by atoms with van der Waals surface area (Å²) in [7, 11) is 0. The predicted octanol–water partition coefficient (Wildman–Crippen LogP) is 2.74. The molecule has 1 N–H and O–H groups in total. The number of carbonyl (C=O) groups is 2. The molecule has 2 rings (SSSR count). The van der Waals surface area contributed by atoms with Crippen LogP contribution >= 0.6 is 0 Å². The van der Waals surface area contributed by atoms with Crippen LogP contribution in [0.1, 0.15) is 25.3 Å². The number of carbonyl (C=O) groups excluding carboxylic acids is 1. The minimum atomic E-state index is -0.814. The van der Waals surface area contributed by atoms with E-state index in [4.69, 9.17) is 5.11 Å². The Morgan fingerprint density at radius 2 is 2.19 bits per heavy atom. The second-order valence-corrected chi connectivity index (χ2v) is 5.49. The summed E-state index contributed by atoms with van der Waals surface area (Å²) < 4.78 is 0. The van der Waals surface area contributed by atoms with Gasteiger partial charge in [-0.1, -0.05) is 12.1 Å². The lowest BCUT2D eigenvalue weighted by Crippen LogP contribution is -2.49. The Morgan fingerprint density at radius 1 is 1.43 bits per heavy atom. The summed E-state index contributed by atoms with van der Waals surface area (Å²) in [6.45, 7) is 5.42. The number of carboxylic acids is 1. The van der Waals surface area contributed by atoms with Gasteiger partial charge in [-0.2, -0.15) is 0 Å². The molecule has 1 fully saturated rings. The number of aryl methyl sites for hydroxylation is 1. The summed E-state index contributed by atoms with van der Waals surface area (Å²) in [6, 6.07) is 7.70. The van der Waals surface area contributed by atoms with E-state index in [1.807, 2.05) is 38.1 Å². The molecule has 21 heavy (non-hydrogen) atoms. The van der Waals surface area contributed by atoms with E-state index in [1.165, 1.54) is 0 Å². The third kappa shape index (κ3) is 3.54. The Kier molecular flexibility index (Phi) is 4.83. The van der Waals surface area contributed by atoms with Crippen molar-refractivity contribution in [2.45, 2.75) is 26.7 Å². The zero-order chi connectivity index (χ0) is 15.4. The predicted molar refractivity (Wildman–Crippen MR) is 81.5 cm³/mol. The van der Waals surface area contributed by atoms with Crippen LogP contribution in [0.25, 0.3) is 0 Å². The first kappa shape index (κ1) is 15.4. The van der Waals surface area contributed by atoms with Gasteiger partial charge in [0.1, 0.15) is 0 Å². The van der Waals surface area contributed by atoms with Crippen molar-refractivity contribution in [2.24, 2.45) is 5.92 Å². The van der Waals surface area contributed by atoms with Gasteiger partial charge in [-0.05, 0) is 44.4 Å². The van der Waals surface area contributed by atoms with E-state index in [1.54, 1.807) is 9.80 Å².